The highest BCUT2D eigenvalue weighted by molar-refractivity contribution is 6.90. The van der Waals surface area contributed by atoms with Gasteiger partial charge in [0.25, 0.3) is 0 Å². The van der Waals surface area contributed by atoms with E-state index in [9.17, 15) is 4.79 Å². The minimum absolute atomic E-state index is 0.0440. The zero-order chi connectivity index (χ0) is 16.2. The Morgan fingerprint density at radius 1 is 1.00 bits per heavy atom. The number of carbonyl (C=O) groups excluding carboxylic acids is 1. The zero-order valence-electron chi connectivity index (χ0n) is 14.4. The van der Waals surface area contributed by atoms with Crippen molar-refractivity contribution in [3.63, 3.8) is 0 Å². The molecule has 0 aromatic heterocycles. The average molecular weight is 301 g/mol. The zero-order valence-corrected chi connectivity index (χ0v) is 15.4. The molecule has 1 rings (SSSR count). The van der Waals surface area contributed by atoms with E-state index in [0.717, 1.165) is 5.56 Å². The normalized spacial score (nSPS) is 11.7. The van der Waals surface area contributed by atoms with Gasteiger partial charge in [-0.15, -0.1) is 5.54 Å². The molecule has 0 unspecified atom stereocenters. The molecule has 0 spiro atoms. The first kappa shape index (κ1) is 17.7. The highest BCUT2D eigenvalue weighted by Gasteiger charge is 2.41. The number of hydrogen-bond acceptors (Lipinski definition) is 1. The van der Waals surface area contributed by atoms with Gasteiger partial charge in [0.2, 0.25) is 5.78 Å². The van der Waals surface area contributed by atoms with Crippen molar-refractivity contribution in [1.29, 1.82) is 0 Å². The maximum atomic E-state index is 12.4. The first-order valence-electron chi connectivity index (χ1n) is 7.86. The molecule has 0 saturated heterocycles. The molecule has 0 aliphatic carbocycles. The first-order chi connectivity index (χ1) is 9.71. The molecule has 1 aromatic carbocycles. The molecule has 0 N–H and O–H groups in total. The second-order valence-electron chi connectivity index (χ2n) is 6.85. The number of Topliss-reactive ketones (excluding diaryl/α,β-unsaturated/α-hetero) is 1. The van der Waals surface area contributed by atoms with Crippen molar-refractivity contribution in [3.05, 3.63) is 35.4 Å². The van der Waals surface area contributed by atoms with Gasteiger partial charge in [-0.2, -0.15) is 0 Å². The Labute approximate surface area is 131 Å². The van der Waals surface area contributed by atoms with Crippen LogP contribution in [-0.4, -0.2) is 13.9 Å². The third-order valence-electron chi connectivity index (χ3n) is 4.54. The summed E-state index contributed by atoms with van der Waals surface area (Å²) in [5.74, 6) is 2.94. The Hall–Kier alpha value is -1.33. The molecule has 0 saturated carbocycles. The third-order valence-corrected chi connectivity index (χ3v) is 10.8. The molecular weight excluding hydrogens is 272 g/mol. The molecule has 114 valence electrons. The standard InChI is InChI=1S/C19H28OSi/c1-14(2)21(15(3)4,16(5)6)12-11-19(20)18-10-8-9-17(7)13-18/h8-10,13-16H,1-7H3. The lowest BCUT2D eigenvalue weighted by molar-refractivity contribution is 0.105. The summed E-state index contributed by atoms with van der Waals surface area (Å²) in [4.78, 5) is 12.4. The lowest BCUT2D eigenvalue weighted by Gasteiger charge is -2.37. The lowest BCUT2D eigenvalue weighted by atomic mass is 10.1. The van der Waals surface area contributed by atoms with Gasteiger partial charge in [0.1, 0.15) is 8.07 Å². The summed E-state index contributed by atoms with van der Waals surface area (Å²) < 4.78 is 0. The molecule has 0 aliphatic rings. The molecule has 0 aliphatic heterocycles. The first-order valence-corrected chi connectivity index (χ1v) is 10.1. The van der Waals surface area contributed by atoms with Crippen LogP contribution in [0.5, 0.6) is 0 Å². The Bertz CT molecular complexity index is 537. The highest BCUT2D eigenvalue weighted by Crippen LogP contribution is 2.40. The van der Waals surface area contributed by atoms with Gasteiger partial charge in [-0.3, -0.25) is 4.79 Å². The van der Waals surface area contributed by atoms with Crippen molar-refractivity contribution in [1.82, 2.24) is 0 Å². The summed E-state index contributed by atoms with van der Waals surface area (Å²) in [7, 11) is -1.82. The molecule has 21 heavy (non-hydrogen) atoms. The van der Waals surface area contributed by atoms with Gasteiger partial charge in [0.15, 0.2) is 0 Å². The van der Waals surface area contributed by atoms with Crippen LogP contribution >= 0.6 is 0 Å². The molecule has 1 nitrogen and oxygen atoms in total. The smallest absolute Gasteiger partial charge is 0.235 e. The van der Waals surface area contributed by atoms with Crippen LogP contribution in [0.3, 0.4) is 0 Å². The quantitative estimate of drug-likeness (QED) is 0.413. The summed E-state index contributed by atoms with van der Waals surface area (Å²) in [5, 5.41) is 0. The summed E-state index contributed by atoms with van der Waals surface area (Å²) in [5.41, 5.74) is 6.95. The number of aryl methyl sites for hydroxylation is 1. The van der Waals surface area contributed by atoms with E-state index in [0.29, 0.717) is 22.2 Å². The average Bonchev–Trinajstić information content (AvgIpc) is 2.37. The largest absolute Gasteiger partial charge is 0.279 e. The Morgan fingerprint density at radius 2 is 1.52 bits per heavy atom. The third kappa shape index (κ3) is 3.86. The molecule has 0 atom stereocenters. The number of rotatable bonds is 4. The fraction of sp³-hybridized carbons (Fsp3) is 0.526. The van der Waals surface area contributed by atoms with E-state index in [1.54, 1.807) is 0 Å². The Kier molecular flexibility index (Phi) is 5.98. The number of ketones is 1. The summed E-state index contributed by atoms with van der Waals surface area (Å²) in [6.45, 7) is 15.6. The fourth-order valence-corrected chi connectivity index (χ4v) is 8.65. The van der Waals surface area contributed by atoms with Gasteiger partial charge in [-0.1, -0.05) is 65.3 Å². The van der Waals surface area contributed by atoms with Crippen LogP contribution in [0, 0.1) is 18.4 Å². The van der Waals surface area contributed by atoms with Gasteiger partial charge in [0, 0.05) is 5.56 Å². The van der Waals surface area contributed by atoms with E-state index in [1.165, 1.54) is 0 Å². The summed E-state index contributed by atoms with van der Waals surface area (Å²) in [6, 6.07) is 7.69. The molecule has 2 heteroatoms. The molecular formula is C19H28OSi. The van der Waals surface area contributed by atoms with E-state index in [4.69, 9.17) is 0 Å². The van der Waals surface area contributed by atoms with E-state index < -0.39 is 8.07 Å². The van der Waals surface area contributed by atoms with Crippen LogP contribution in [-0.2, 0) is 0 Å². The predicted molar refractivity (Wildman–Crippen MR) is 94.3 cm³/mol. The van der Waals surface area contributed by atoms with E-state index in [-0.39, 0.29) is 5.78 Å². The van der Waals surface area contributed by atoms with Crippen molar-refractivity contribution >= 4 is 13.9 Å². The van der Waals surface area contributed by atoms with Gasteiger partial charge in [-0.05, 0) is 35.5 Å². The van der Waals surface area contributed by atoms with Gasteiger partial charge < -0.3 is 0 Å². The highest BCUT2D eigenvalue weighted by atomic mass is 28.3. The molecule has 0 heterocycles. The summed E-state index contributed by atoms with van der Waals surface area (Å²) >= 11 is 0. The van der Waals surface area contributed by atoms with E-state index in [2.05, 4.69) is 53.0 Å². The topological polar surface area (TPSA) is 17.1 Å². The van der Waals surface area contributed by atoms with Crippen LogP contribution in [0.1, 0.15) is 57.5 Å². The lowest BCUT2D eigenvalue weighted by Crippen LogP contribution is -2.43. The van der Waals surface area contributed by atoms with Crippen LogP contribution in [0.2, 0.25) is 16.6 Å². The van der Waals surface area contributed by atoms with Crippen molar-refractivity contribution in [2.75, 3.05) is 0 Å². The van der Waals surface area contributed by atoms with Crippen LogP contribution in [0.25, 0.3) is 0 Å². The second kappa shape index (κ2) is 7.09. The molecule has 0 radical (unpaired) electrons. The van der Waals surface area contributed by atoms with Gasteiger partial charge >= 0.3 is 0 Å². The van der Waals surface area contributed by atoms with Gasteiger partial charge in [0.05, 0.1) is 0 Å². The van der Waals surface area contributed by atoms with Crippen molar-refractivity contribution < 1.29 is 4.79 Å². The Balaban J connectivity index is 3.19. The summed E-state index contributed by atoms with van der Waals surface area (Å²) in [6.07, 6.45) is 0. The van der Waals surface area contributed by atoms with Gasteiger partial charge in [-0.25, -0.2) is 0 Å². The minimum atomic E-state index is -1.82. The van der Waals surface area contributed by atoms with Crippen LogP contribution < -0.4 is 0 Å². The minimum Gasteiger partial charge on any atom is -0.279 e. The second-order valence-corrected chi connectivity index (χ2v) is 12.4. The van der Waals surface area contributed by atoms with Crippen molar-refractivity contribution in [2.45, 2.75) is 65.1 Å². The predicted octanol–water partition coefficient (Wildman–Crippen LogP) is 5.40. The monoisotopic (exact) mass is 300 g/mol. The molecule has 1 aromatic rings. The fourth-order valence-electron chi connectivity index (χ4n) is 3.46. The Morgan fingerprint density at radius 3 is 1.95 bits per heavy atom. The number of hydrogen-bond donors (Lipinski definition) is 0. The maximum absolute atomic E-state index is 12.4. The molecule has 0 bridgehead atoms. The molecule has 0 fully saturated rings. The number of benzene rings is 1. The SMILES string of the molecule is Cc1cccc(C(=O)C#C[Si](C(C)C)(C(C)C)C(C)C)c1. The van der Waals surface area contributed by atoms with Crippen LogP contribution in [0.15, 0.2) is 24.3 Å². The number of carbonyl (C=O) groups is 1. The van der Waals surface area contributed by atoms with Crippen molar-refractivity contribution in [2.24, 2.45) is 0 Å². The van der Waals surface area contributed by atoms with E-state index in [1.807, 2.05) is 31.2 Å². The van der Waals surface area contributed by atoms with Crippen LogP contribution in [0.4, 0.5) is 0 Å². The molecule has 0 amide bonds. The maximum Gasteiger partial charge on any atom is 0.235 e. The van der Waals surface area contributed by atoms with E-state index >= 15 is 0 Å². The van der Waals surface area contributed by atoms with Crippen molar-refractivity contribution in [3.8, 4) is 11.5 Å².